The molecule has 1 amide bonds. The van der Waals surface area contributed by atoms with Gasteiger partial charge >= 0.3 is 5.63 Å². The van der Waals surface area contributed by atoms with E-state index in [1.165, 1.54) is 12.8 Å². The van der Waals surface area contributed by atoms with Gasteiger partial charge in [0.15, 0.2) is 0 Å². The number of amides is 1. The Kier molecular flexibility index (Phi) is 4.60. The normalized spacial score (nSPS) is 14.5. The lowest BCUT2D eigenvalue weighted by atomic mass is 9.94. The van der Waals surface area contributed by atoms with Gasteiger partial charge in [0.05, 0.1) is 0 Å². The van der Waals surface area contributed by atoms with Gasteiger partial charge in [-0.15, -0.1) is 0 Å². The Morgan fingerprint density at radius 2 is 1.74 bits per heavy atom. The average molecular weight is 311 g/mol. The van der Waals surface area contributed by atoms with E-state index in [9.17, 15) is 9.59 Å². The van der Waals surface area contributed by atoms with Gasteiger partial charge in [-0.25, -0.2) is 4.79 Å². The van der Waals surface area contributed by atoms with Crippen LogP contribution in [-0.4, -0.2) is 5.91 Å². The summed E-state index contributed by atoms with van der Waals surface area (Å²) < 4.78 is 5.51. The minimum absolute atomic E-state index is 0.276. The highest BCUT2D eigenvalue weighted by atomic mass is 16.4. The van der Waals surface area contributed by atoms with Crippen molar-refractivity contribution in [1.82, 2.24) is 0 Å². The Bertz CT molecular complexity index is 762. The molecule has 1 aliphatic carbocycles. The van der Waals surface area contributed by atoms with Crippen molar-refractivity contribution in [2.24, 2.45) is 0 Å². The fourth-order valence-corrected chi connectivity index (χ4v) is 3.13. The highest BCUT2D eigenvalue weighted by molar-refractivity contribution is 6.04. The van der Waals surface area contributed by atoms with Crippen LogP contribution in [0.4, 0.5) is 5.69 Å². The summed E-state index contributed by atoms with van der Waals surface area (Å²) >= 11 is 0. The van der Waals surface area contributed by atoms with Crippen molar-refractivity contribution in [1.29, 1.82) is 0 Å². The van der Waals surface area contributed by atoms with E-state index in [1.807, 2.05) is 13.0 Å². The molecule has 0 spiro atoms. The summed E-state index contributed by atoms with van der Waals surface area (Å²) in [4.78, 5) is 24.6. The molecule has 1 N–H and O–H groups in total. The molecule has 3 rings (SSSR count). The number of hydrogen-bond acceptors (Lipinski definition) is 3. The van der Waals surface area contributed by atoms with Gasteiger partial charge in [0.1, 0.15) is 11.4 Å². The van der Waals surface area contributed by atoms with E-state index in [-0.39, 0.29) is 11.6 Å². The van der Waals surface area contributed by atoms with Crippen molar-refractivity contribution < 1.29 is 9.21 Å². The van der Waals surface area contributed by atoms with E-state index < -0.39 is 5.63 Å². The second-order valence-electron chi connectivity index (χ2n) is 6.03. The fraction of sp³-hybridized carbons (Fsp3) is 0.368. The molecule has 4 nitrogen and oxygen atoms in total. The lowest BCUT2D eigenvalue weighted by Crippen LogP contribution is -2.21. The molecule has 23 heavy (non-hydrogen) atoms. The van der Waals surface area contributed by atoms with Gasteiger partial charge in [-0.3, -0.25) is 4.79 Å². The van der Waals surface area contributed by atoms with Crippen LogP contribution in [-0.2, 0) is 12.8 Å². The molecular formula is C19H21NO3. The van der Waals surface area contributed by atoms with Gasteiger partial charge in [0.2, 0.25) is 0 Å². The lowest BCUT2D eigenvalue weighted by Gasteiger charge is -2.17. The predicted molar refractivity (Wildman–Crippen MR) is 90.0 cm³/mol. The number of nitrogens with one attached hydrogen (secondary N) is 1. The molecule has 0 saturated carbocycles. The molecule has 0 saturated heterocycles. The van der Waals surface area contributed by atoms with Gasteiger partial charge in [-0.05, 0) is 49.4 Å². The third kappa shape index (κ3) is 3.36. The summed E-state index contributed by atoms with van der Waals surface area (Å²) in [5, 5.41) is 2.74. The van der Waals surface area contributed by atoms with Gasteiger partial charge in [-0.2, -0.15) is 0 Å². The summed E-state index contributed by atoms with van der Waals surface area (Å²) in [6.07, 6.45) is 6.22. The number of rotatable bonds is 2. The van der Waals surface area contributed by atoms with E-state index in [2.05, 4.69) is 5.32 Å². The zero-order valence-corrected chi connectivity index (χ0v) is 13.4. The summed E-state index contributed by atoms with van der Waals surface area (Å²) in [5.41, 5.74) is 2.29. The van der Waals surface area contributed by atoms with Gasteiger partial charge < -0.3 is 9.73 Å². The third-order valence-electron chi connectivity index (χ3n) is 4.44. The number of benzene rings is 1. The third-order valence-corrected chi connectivity index (χ3v) is 4.44. The molecule has 0 aliphatic heterocycles. The number of aryl methyl sites for hydroxylation is 1. The fourth-order valence-electron chi connectivity index (χ4n) is 3.13. The molecule has 0 fully saturated rings. The molecule has 1 aliphatic rings. The van der Waals surface area contributed by atoms with Gasteiger partial charge in [0.25, 0.3) is 5.91 Å². The number of carbonyl (C=O) groups excluding carboxylic acids is 1. The highest BCUT2D eigenvalue weighted by Crippen LogP contribution is 2.25. The Morgan fingerprint density at radius 1 is 1.04 bits per heavy atom. The summed E-state index contributed by atoms with van der Waals surface area (Å²) in [5.74, 6) is 0.511. The van der Waals surface area contributed by atoms with Crippen molar-refractivity contribution in [3.8, 4) is 0 Å². The number of anilines is 1. The summed E-state index contributed by atoms with van der Waals surface area (Å²) in [7, 11) is 0. The predicted octanol–water partition coefficient (Wildman–Crippen LogP) is 3.86. The first-order valence-corrected chi connectivity index (χ1v) is 8.18. The molecule has 2 aromatic rings. The summed E-state index contributed by atoms with van der Waals surface area (Å²) in [6, 6.07) is 8.89. The van der Waals surface area contributed by atoms with Crippen molar-refractivity contribution in [3.05, 3.63) is 63.2 Å². The zero-order valence-electron chi connectivity index (χ0n) is 13.4. The second-order valence-corrected chi connectivity index (χ2v) is 6.03. The van der Waals surface area contributed by atoms with Crippen LogP contribution in [0.1, 0.15) is 52.9 Å². The molecule has 0 atom stereocenters. The van der Waals surface area contributed by atoms with Crippen LogP contribution in [0.2, 0.25) is 0 Å². The van der Waals surface area contributed by atoms with Crippen LogP contribution in [0.5, 0.6) is 0 Å². The van der Waals surface area contributed by atoms with Gasteiger partial charge in [-0.1, -0.05) is 31.0 Å². The zero-order chi connectivity index (χ0) is 16.2. The van der Waals surface area contributed by atoms with E-state index in [4.69, 9.17) is 4.42 Å². The van der Waals surface area contributed by atoms with Crippen molar-refractivity contribution in [2.75, 3.05) is 5.32 Å². The number of carbonyl (C=O) groups is 1. The van der Waals surface area contributed by atoms with Crippen LogP contribution in [0.15, 0.2) is 39.5 Å². The highest BCUT2D eigenvalue weighted by Gasteiger charge is 2.19. The molecule has 0 unspecified atom stereocenters. The Balaban J connectivity index is 1.95. The topological polar surface area (TPSA) is 59.3 Å². The smallest absolute Gasteiger partial charge is 0.360 e. The first kappa shape index (κ1) is 15.5. The van der Waals surface area contributed by atoms with E-state index in [0.29, 0.717) is 5.56 Å². The average Bonchev–Trinajstić information content (AvgIpc) is 2.54. The number of hydrogen-bond donors (Lipinski definition) is 1. The minimum Gasteiger partial charge on any atom is -0.426 e. The second kappa shape index (κ2) is 6.82. The van der Waals surface area contributed by atoms with E-state index in [0.717, 1.165) is 42.6 Å². The standard InChI is InChI=1S/C19H21NO3/c1-13-15-11-7-2-3-8-12-16(15)23-19(22)17(13)20-18(21)14-9-5-4-6-10-14/h4-6,9-10H,2-3,7-8,11-12H2,1H3,(H,20,21). The monoisotopic (exact) mass is 311 g/mol. The number of fused-ring (bicyclic) bond motifs is 1. The molecule has 4 heteroatoms. The Hall–Kier alpha value is -2.36. The van der Waals surface area contributed by atoms with Crippen LogP contribution >= 0.6 is 0 Å². The van der Waals surface area contributed by atoms with Crippen molar-refractivity contribution >= 4 is 11.6 Å². The first-order valence-electron chi connectivity index (χ1n) is 8.18. The van der Waals surface area contributed by atoms with Crippen LogP contribution in [0, 0.1) is 6.92 Å². The van der Waals surface area contributed by atoms with E-state index in [1.54, 1.807) is 24.3 Å². The minimum atomic E-state index is -0.453. The maximum absolute atomic E-state index is 12.3. The molecule has 1 aromatic heterocycles. The van der Waals surface area contributed by atoms with Crippen molar-refractivity contribution in [2.45, 2.75) is 45.4 Å². The molecule has 0 bridgehead atoms. The largest absolute Gasteiger partial charge is 0.426 e. The van der Waals surface area contributed by atoms with Gasteiger partial charge in [0, 0.05) is 12.0 Å². The van der Waals surface area contributed by atoms with Crippen LogP contribution in [0.3, 0.4) is 0 Å². The Morgan fingerprint density at radius 3 is 2.48 bits per heavy atom. The summed E-state index contributed by atoms with van der Waals surface area (Å²) in [6.45, 7) is 1.90. The van der Waals surface area contributed by atoms with Crippen LogP contribution < -0.4 is 10.9 Å². The SMILES string of the molecule is Cc1c2c(oc(=O)c1NC(=O)c1ccccc1)CCCCCC2. The van der Waals surface area contributed by atoms with Crippen LogP contribution in [0.25, 0.3) is 0 Å². The lowest BCUT2D eigenvalue weighted by molar-refractivity contribution is 0.102. The Labute approximate surface area is 135 Å². The quantitative estimate of drug-likeness (QED) is 0.916. The van der Waals surface area contributed by atoms with E-state index >= 15 is 0 Å². The maximum atomic E-state index is 12.3. The molecule has 0 radical (unpaired) electrons. The van der Waals surface area contributed by atoms with Crippen molar-refractivity contribution in [3.63, 3.8) is 0 Å². The molecule has 120 valence electrons. The first-order chi connectivity index (χ1) is 11.2. The molecule has 1 heterocycles. The molecule has 1 aromatic carbocycles. The maximum Gasteiger partial charge on any atom is 0.360 e. The molecular weight excluding hydrogens is 290 g/mol.